The molecule has 0 aliphatic carbocycles. The molecule has 36 heavy (non-hydrogen) atoms. The molecule has 0 saturated carbocycles. The van der Waals surface area contributed by atoms with Gasteiger partial charge < -0.3 is 19.4 Å². The number of hydrogen-bond donors (Lipinski definition) is 1. The first-order valence-corrected chi connectivity index (χ1v) is 13.4. The number of para-hydroxylation sites is 1. The molecule has 0 aliphatic heterocycles. The third kappa shape index (κ3) is 6.67. The highest BCUT2D eigenvalue weighted by Gasteiger charge is 2.15. The van der Waals surface area contributed by atoms with E-state index in [1.54, 1.807) is 0 Å². The molecule has 0 radical (unpaired) electrons. The quantitative estimate of drug-likeness (QED) is 0.210. The first kappa shape index (κ1) is 25.8. The van der Waals surface area contributed by atoms with E-state index in [0.717, 1.165) is 38.6 Å². The Bertz CT molecular complexity index is 1310. The predicted octanol–water partition coefficient (Wildman–Crippen LogP) is 6.44. The molecule has 0 fully saturated rings. The van der Waals surface area contributed by atoms with Crippen LogP contribution in [-0.4, -0.2) is 33.0 Å². The number of benzene rings is 3. The second-order valence-corrected chi connectivity index (χ2v) is 9.56. The molecule has 4 aromatic rings. The van der Waals surface area contributed by atoms with Crippen molar-refractivity contribution in [1.82, 2.24) is 14.8 Å². The molecule has 1 heterocycles. The van der Waals surface area contributed by atoms with E-state index in [-0.39, 0.29) is 11.7 Å². The SMILES string of the molecule is CCOc1ccc(NC(=O)CSc2nnc(-c3cccc(COc4ccccc4Br)c3)n2CC)cc1. The molecule has 0 atom stereocenters. The highest BCUT2D eigenvalue weighted by Crippen LogP contribution is 2.27. The second-order valence-electron chi connectivity index (χ2n) is 7.76. The molecule has 0 unspecified atom stereocenters. The van der Waals surface area contributed by atoms with E-state index in [1.165, 1.54) is 11.8 Å². The average Bonchev–Trinajstić information content (AvgIpc) is 3.31. The Labute approximate surface area is 223 Å². The summed E-state index contributed by atoms with van der Waals surface area (Å²) in [5.41, 5.74) is 2.70. The molecule has 7 nitrogen and oxygen atoms in total. The van der Waals surface area contributed by atoms with Gasteiger partial charge in [0.1, 0.15) is 18.1 Å². The van der Waals surface area contributed by atoms with Gasteiger partial charge >= 0.3 is 0 Å². The van der Waals surface area contributed by atoms with Gasteiger partial charge in [0.2, 0.25) is 5.91 Å². The van der Waals surface area contributed by atoms with Crippen molar-refractivity contribution in [1.29, 1.82) is 0 Å². The number of carbonyl (C=O) groups is 1. The second kappa shape index (κ2) is 12.6. The highest BCUT2D eigenvalue weighted by atomic mass is 79.9. The molecule has 0 bridgehead atoms. The monoisotopic (exact) mass is 566 g/mol. The topological polar surface area (TPSA) is 78.3 Å². The van der Waals surface area contributed by atoms with Gasteiger partial charge in [-0.15, -0.1) is 10.2 Å². The third-order valence-electron chi connectivity index (χ3n) is 5.23. The van der Waals surface area contributed by atoms with Crippen LogP contribution in [0, 0.1) is 0 Å². The largest absolute Gasteiger partial charge is 0.494 e. The van der Waals surface area contributed by atoms with Gasteiger partial charge in [0.25, 0.3) is 0 Å². The summed E-state index contributed by atoms with van der Waals surface area (Å²) < 4.78 is 14.3. The van der Waals surface area contributed by atoms with Crippen LogP contribution in [0.3, 0.4) is 0 Å². The Balaban J connectivity index is 1.39. The van der Waals surface area contributed by atoms with Crippen LogP contribution in [0.2, 0.25) is 0 Å². The lowest BCUT2D eigenvalue weighted by Gasteiger charge is -2.10. The van der Waals surface area contributed by atoms with Crippen LogP contribution in [0.15, 0.2) is 82.4 Å². The molecular weight excluding hydrogens is 540 g/mol. The van der Waals surface area contributed by atoms with E-state index in [0.29, 0.717) is 24.9 Å². The smallest absolute Gasteiger partial charge is 0.234 e. The number of anilines is 1. The van der Waals surface area contributed by atoms with Crippen molar-refractivity contribution >= 4 is 39.3 Å². The zero-order valence-corrected chi connectivity index (χ0v) is 22.5. The molecule has 1 aromatic heterocycles. The van der Waals surface area contributed by atoms with Gasteiger partial charge in [-0.2, -0.15) is 0 Å². The summed E-state index contributed by atoms with van der Waals surface area (Å²) in [6.45, 7) is 5.69. The zero-order chi connectivity index (χ0) is 25.3. The van der Waals surface area contributed by atoms with E-state index in [9.17, 15) is 4.79 Å². The molecular formula is C27H27BrN4O3S. The Kier molecular flexibility index (Phi) is 9.02. The van der Waals surface area contributed by atoms with Gasteiger partial charge in [-0.05, 0) is 77.8 Å². The molecule has 0 aliphatic rings. The number of rotatable bonds is 11. The Morgan fingerprint density at radius 2 is 1.81 bits per heavy atom. The lowest BCUT2D eigenvalue weighted by molar-refractivity contribution is -0.113. The summed E-state index contributed by atoms with van der Waals surface area (Å²) in [4.78, 5) is 12.5. The number of halogens is 1. The minimum atomic E-state index is -0.109. The predicted molar refractivity (Wildman–Crippen MR) is 147 cm³/mol. The van der Waals surface area contributed by atoms with E-state index in [1.807, 2.05) is 85.1 Å². The fourth-order valence-electron chi connectivity index (χ4n) is 3.55. The van der Waals surface area contributed by atoms with Crippen molar-refractivity contribution in [2.45, 2.75) is 32.2 Å². The van der Waals surface area contributed by atoms with E-state index in [2.05, 4.69) is 37.5 Å². The van der Waals surface area contributed by atoms with Gasteiger partial charge in [0, 0.05) is 17.8 Å². The summed E-state index contributed by atoms with van der Waals surface area (Å²) in [6.07, 6.45) is 0. The number of amides is 1. The Morgan fingerprint density at radius 3 is 2.56 bits per heavy atom. The maximum Gasteiger partial charge on any atom is 0.234 e. The molecule has 1 N–H and O–H groups in total. The van der Waals surface area contributed by atoms with Crippen LogP contribution in [0.4, 0.5) is 5.69 Å². The summed E-state index contributed by atoms with van der Waals surface area (Å²) in [7, 11) is 0. The molecule has 1 amide bonds. The van der Waals surface area contributed by atoms with Crippen LogP contribution in [-0.2, 0) is 17.9 Å². The van der Waals surface area contributed by atoms with Crippen molar-refractivity contribution < 1.29 is 14.3 Å². The number of thioether (sulfide) groups is 1. The molecule has 9 heteroatoms. The van der Waals surface area contributed by atoms with Gasteiger partial charge in [-0.1, -0.05) is 42.1 Å². The van der Waals surface area contributed by atoms with Crippen LogP contribution in [0.1, 0.15) is 19.4 Å². The maximum atomic E-state index is 12.5. The number of ether oxygens (including phenoxy) is 2. The first-order valence-electron chi connectivity index (χ1n) is 11.6. The molecule has 3 aromatic carbocycles. The summed E-state index contributed by atoms with van der Waals surface area (Å²) in [5, 5.41) is 12.4. The van der Waals surface area contributed by atoms with E-state index < -0.39 is 0 Å². The average molecular weight is 568 g/mol. The van der Waals surface area contributed by atoms with Crippen LogP contribution < -0.4 is 14.8 Å². The number of carbonyl (C=O) groups excluding carboxylic acids is 1. The van der Waals surface area contributed by atoms with Crippen LogP contribution in [0.5, 0.6) is 11.5 Å². The highest BCUT2D eigenvalue weighted by molar-refractivity contribution is 9.10. The molecule has 4 rings (SSSR count). The van der Waals surface area contributed by atoms with Gasteiger partial charge in [-0.25, -0.2) is 0 Å². The van der Waals surface area contributed by atoms with E-state index >= 15 is 0 Å². The molecule has 0 saturated heterocycles. The lowest BCUT2D eigenvalue weighted by Crippen LogP contribution is -2.14. The number of aromatic nitrogens is 3. The third-order valence-corrected chi connectivity index (χ3v) is 6.85. The standard InChI is InChI=1S/C27H27BrN4O3S/c1-3-32-26(20-9-7-8-19(16-20)17-35-24-11-6-5-10-23(24)28)30-31-27(32)36-18-25(33)29-21-12-14-22(15-13-21)34-4-2/h5-16H,3-4,17-18H2,1-2H3,(H,29,33). The molecule has 186 valence electrons. The van der Waals surface area contributed by atoms with Crippen molar-refractivity contribution in [2.75, 3.05) is 17.7 Å². The summed E-state index contributed by atoms with van der Waals surface area (Å²) >= 11 is 4.87. The van der Waals surface area contributed by atoms with Crippen LogP contribution in [0.25, 0.3) is 11.4 Å². The fraction of sp³-hybridized carbons (Fsp3) is 0.222. The van der Waals surface area contributed by atoms with Gasteiger partial charge in [0.15, 0.2) is 11.0 Å². The Hall–Kier alpha value is -3.30. The van der Waals surface area contributed by atoms with Crippen molar-refractivity contribution in [3.63, 3.8) is 0 Å². The van der Waals surface area contributed by atoms with Crippen molar-refractivity contribution in [2.24, 2.45) is 0 Å². The van der Waals surface area contributed by atoms with Gasteiger partial charge in [-0.3, -0.25) is 4.79 Å². The molecule has 0 spiro atoms. The number of hydrogen-bond acceptors (Lipinski definition) is 6. The fourth-order valence-corrected chi connectivity index (χ4v) is 4.75. The zero-order valence-electron chi connectivity index (χ0n) is 20.1. The minimum absolute atomic E-state index is 0.109. The summed E-state index contributed by atoms with van der Waals surface area (Å²) in [5.74, 6) is 2.45. The summed E-state index contributed by atoms with van der Waals surface area (Å²) in [6, 6.07) is 23.2. The Morgan fingerprint density at radius 1 is 1.00 bits per heavy atom. The van der Waals surface area contributed by atoms with Crippen molar-refractivity contribution in [3.8, 4) is 22.9 Å². The van der Waals surface area contributed by atoms with Crippen molar-refractivity contribution in [3.05, 3.63) is 82.8 Å². The normalized spacial score (nSPS) is 10.8. The minimum Gasteiger partial charge on any atom is -0.494 e. The maximum absolute atomic E-state index is 12.5. The number of nitrogens with zero attached hydrogens (tertiary/aromatic N) is 3. The van der Waals surface area contributed by atoms with E-state index in [4.69, 9.17) is 9.47 Å². The number of nitrogens with one attached hydrogen (secondary N) is 1. The lowest BCUT2D eigenvalue weighted by atomic mass is 10.1. The first-order chi connectivity index (χ1) is 17.6. The van der Waals surface area contributed by atoms with Crippen LogP contribution >= 0.6 is 27.7 Å². The van der Waals surface area contributed by atoms with Gasteiger partial charge in [0.05, 0.1) is 16.8 Å².